The van der Waals surface area contributed by atoms with E-state index < -0.39 is 13.3 Å². The molecule has 0 saturated heterocycles. The van der Waals surface area contributed by atoms with Crippen molar-refractivity contribution >= 4 is 26.5 Å². The molecule has 0 amide bonds. The number of benzene rings is 4. The predicted molar refractivity (Wildman–Crippen MR) is 154 cm³/mol. The topological polar surface area (TPSA) is 48.9 Å². The van der Waals surface area contributed by atoms with Gasteiger partial charge in [0.15, 0.2) is 0 Å². The molecular formula is C32H29GeN3O2. The molecule has 1 aromatic heterocycles. The Morgan fingerprint density at radius 1 is 0.526 bits per heavy atom. The zero-order valence-corrected chi connectivity index (χ0v) is 23.2. The van der Waals surface area contributed by atoms with Gasteiger partial charge in [0.2, 0.25) is 0 Å². The predicted octanol–water partition coefficient (Wildman–Crippen LogP) is 3.62. The van der Waals surface area contributed by atoms with Gasteiger partial charge in [0, 0.05) is 0 Å². The van der Waals surface area contributed by atoms with Crippen LogP contribution in [0.25, 0.3) is 5.69 Å². The van der Waals surface area contributed by atoms with Crippen LogP contribution in [0.2, 0.25) is 4.75 Å². The first-order chi connectivity index (χ1) is 18.7. The second kappa shape index (κ2) is 9.17. The Hall–Kier alpha value is -3.84. The molecule has 0 radical (unpaired) electrons. The van der Waals surface area contributed by atoms with E-state index in [1.54, 1.807) is 0 Å². The third-order valence-corrected chi connectivity index (χ3v) is 20.2. The van der Waals surface area contributed by atoms with Gasteiger partial charge < -0.3 is 0 Å². The minimum atomic E-state index is -3.48. The summed E-state index contributed by atoms with van der Waals surface area (Å²) < 4.78 is 9.33. The van der Waals surface area contributed by atoms with Crippen LogP contribution in [0.1, 0.15) is 31.3 Å². The van der Waals surface area contributed by atoms with Crippen molar-refractivity contribution in [1.29, 1.82) is 0 Å². The summed E-state index contributed by atoms with van der Waals surface area (Å²) in [6.07, 6.45) is 2.82. The van der Waals surface area contributed by atoms with E-state index in [0.717, 1.165) is 19.3 Å². The molecule has 1 saturated carbocycles. The van der Waals surface area contributed by atoms with Crippen molar-refractivity contribution in [3.63, 3.8) is 0 Å². The Bertz CT molecular complexity index is 1550. The Morgan fingerprint density at radius 2 is 0.895 bits per heavy atom. The quantitative estimate of drug-likeness (QED) is 0.309. The fraction of sp³-hybridized carbons (Fsp3) is 0.188. The van der Waals surface area contributed by atoms with Crippen molar-refractivity contribution in [1.82, 2.24) is 13.9 Å². The van der Waals surface area contributed by atoms with Gasteiger partial charge in [-0.2, -0.15) is 0 Å². The third-order valence-electron chi connectivity index (χ3n) is 8.67. The summed E-state index contributed by atoms with van der Waals surface area (Å²) in [7, 11) is 0. The molecule has 38 heavy (non-hydrogen) atoms. The summed E-state index contributed by atoms with van der Waals surface area (Å²) in [6.45, 7) is 0. The summed E-state index contributed by atoms with van der Waals surface area (Å²) in [5.74, 6) is 0. The molecule has 1 unspecified atom stereocenters. The number of hydrogen-bond donors (Lipinski definition) is 0. The average molecular weight is 560 g/mol. The fourth-order valence-electron chi connectivity index (χ4n) is 7.33. The Morgan fingerprint density at radius 3 is 1.29 bits per heavy atom. The molecule has 5 nitrogen and oxygen atoms in total. The van der Waals surface area contributed by atoms with Crippen LogP contribution in [0.3, 0.4) is 0 Å². The van der Waals surface area contributed by atoms with Crippen molar-refractivity contribution in [3.05, 3.63) is 142 Å². The van der Waals surface area contributed by atoms with Crippen LogP contribution < -0.4 is 24.6 Å². The minimum absolute atomic E-state index is 0.0282. The SMILES string of the molecule is O=c1n(-c2ccccc2)c(=O)n2n1[C@@H]1CCC[C@H]2[CH]1[Ge]([c]1ccccc1)([c]1ccccc1)[c]1ccccc1. The van der Waals surface area contributed by atoms with Gasteiger partial charge in [-0.15, -0.1) is 0 Å². The number of rotatable bonds is 5. The molecule has 1 aliphatic carbocycles. The van der Waals surface area contributed by atoms with Gasteiger partial charge in [-0.05, 0) is 0 Å². The maximum atomic E-state index is 14.0. The van der Waals surface area contributed by atoms with E-state index in [-0.39, 0.29) is 28.2 Å². The third kappa shape index (κ3) is 3.24. The standard InChI is InChI=1S/C32H29GeN3O2/c37-31-34(27-20-11-4-12-21-27)32(38)36-29-23-13-22-28(35(31)36)30(29)33(24-14-5-1-6-15-24,25-16-7-2-8-17-25)26-18-9-3-10-19-26/h1-12,14-21,28-30H,13,22-23H2/t28-,29+,30?. The van der Waals surface area contributed by atoms with Crippen molar-refractivity contribution in [2.45, 2.75) is 36.1 Å². The fourth-order valence-corrected chi connectivity index (χ4v) is 20.1. The van der Waals surface area contributed by atoms with E-state index in [1.165, 1.54) is 17.8 Å². The molecule has 6 heteroatoms. The summed E-state index contributed by atoms with van der Waals surface area (Å²) in [5, 5.41) is 0. The molecule has 7 rings (SSSR count). The van der Waals surface area contributed by atoms with Gasteiger partial charge in [-0.3, -0.25) is 0 Å². The molecule has 2 aliphatic rings. The van der Waals surface area contributed by atoms with Crippen LogP contribution in [0.4, 0.5) is 0 Å². The number of fused-ring (bicyclic) bond motifs is 5. The monoisotopic (exact) mass is 561 g/mol. The van der Waals surface area contributed by atoms with E-state index in [9.17, 15) is 9.59 Å². The van der Waals surface area contributed by atoms with Crippen LogP contribution >= 0.6 is 0 Å². The second-order valence-corrected chi connectivity index (χ2v) is 18.8. The zero-order chi connectivity index (χ0) is 25.7. The molecule has 0 N–H and O–H groups in total. The molecule has 2 bridgehead atoms. The molecule has 1 aliphatic heterocycles. The Balaban J connectivity index is 1.53. The van der Waals surface area contributed by atoms with Gasteiger partial charge in [0.05, 0.1) is 0 Å². The molecule has 3 atom stereocenters. The van der Waals surface area contributed by atoms with Crippen LogP contribution in [0, 0.1) is 0 Å². The van der Waals surface area contributed by atoms with E-state index in [0.29, 0.717) is 5.69 Å². The van der Waals surface area contributed by atoms with Crippen LogP contribution in [0.5, 0.6) is 0 Å². The Kier molecular flexibility index (Phi) is 5.62. The average Bonchev–Trinajstić information content (AvgIpc) is 3.35. The summed E-state index contributed by atoms with van der Waals surface area (Å²) >= 11 is -3.48. The summed E-state index contributed by atoms with van der Waals surface area (Å²) in [6, 6.07) is 42.1. The van der Waals surface area contributed by atoms with Crippen LogP contribution in [0.15, 0.2) is 131 Å². The van der Waals surface area contributed by atoms with Crippen molar-refractivity contribution in [3.8, 4) is 5.69 Å². The van der Waals surface area contributed by atoms with Gasteiger partial charge in [0.25, 0.3) is 0 Å². The molecule has 4 aromatic carbocycles. The number of nitrogens with zero attached hydrogens (tertiary/aromatic N) is 3. The second-order valence-electron chi connectivity index (χ2n) is 10.4. The molecular weight excluding hydrogens is 531 g/mol. The Labute approximate surface area is 224 Å². The van der Waals surface area contributed by atoms with Gasteiger partial charge in [-0.1, -0.05) is 0 Å². The van der Waals surface area contributed by atoms with Crippen molar-refractivity contribution < 1.29 is 0 Å². The normalized spacial score (nSPS) is 20.3. The van der Waals surface area contributed by atoms with E-state index >= 15 is 0 Å². The van der Waals surface area contributed by atoms with Gasteiger partial charge >= 0.3 is 224 Å². The number of aromatic nitrogens is 3. The van der Waals surface area contributed by atoms with Crippen LogP contribution in [-0.2, 0) is 0 Å². The molecule has 2 heterocycles. The summed E-state index contributed by atoms with van der Waals surface area (Å²) in [4.78, 5) is 28.1. The first-order valence-corrected chi connectivity index (χ1v) is 17.8. The first-order valence-electron chi connectivity index (χ1n) is 13.4. The number of para-hydroxylation sites is 1. The van der Waals surface area contributed by atoms with Gasteiger partial charge in [0.1, 0.15) is 0 Å². The van der Waals surface area contributed by atoms with Crippen molar-refractivity contribution in [2.75, 3.05) is 0 Å². The molecule has 5 aromatic rings. The van der Waals surface area contributed by atoms with E-state index in [1.807, 2.05) is 39.7 Å². The molecule has 188 valence electrons. The first kappa shape index (κ1) is 23.3. The van der Waals surface area contributed by atoms with Crippen molar-refractivity contribution in [2.24, 2.45) is 0 Å². The van der Waals surface area contributed by atoms with Crippen LogP contribution in [-0.4, -0.2) is 27.2 Å². The zero-order valence-electron chi connectivity index (χ0n) is 21.1. The summed E-state index contributed by atoms with van der Waals surface area (Å²) in [5.41, 5.74) is 0.200. The van der Waals surface area contributed by atoms with Gasteiger partial charge in [-0.25, -0.2) is 0 Å². The molecule has 1 fully saturated rings. The maximum absolute atomic E-state index is 14.0. The van der Waals surface area contributed by atoms with E-state index in [4.69, 9.17) is 0 Å². The van der Waals surface area contributed by atoms with E-state index in [2.05, 4.69) is 91.0 Å². The number of hydrogen-bond acceptors (Lipinski definition) is 2. The molecule has 0 spiro atoms.